The number of rotatable bonds is 6. The molecule has 2 nitrogen and oxygen atoms in total. The molecule has 0 fully saturated rings. The smallest absolute Gasteiger partial charge is 0.115 e. The van der Waals surface area contributed by atoms with Gasteiger partial charge in [0.2, 0.25) is 0 Å². The Morgan fingerprint density at radius 1 is 0.600 bits per heavy atom. The molecule has 104 valence electrons. The number of hydrogen-bond donors (Lipinski definition) is 2. The van der Waals surface area contributed by atoms with Gasteiger partial charge >= 0.3 is 0 Å². The molecule has 0 saturated carbocycles. The summed E-state index contributed by atoms with van der Waals surface area (Å²) in [5.41, 5.74) is 2.48. The molecule has 2 aromatic rings. The average Bonchev–Trinajstić information content (AvgIpc) is 2.46. The number of phenolic OH excluding ortho intramolecular Hbond substituents is 2. The second-order valence-electron chi connectivity index (χ2n) is 4.88. The fourth-order valence-corrected chi connectivity index (χ4v) is 2.06. The summed E-state index contributed by atoms with van der Waals surface area (Å²) in [6, 6.07) is 14.7. The van der Waals surface area contributed by atoms with Crippen LogP contribution in [-0.2, 0) is 12.8 Å². The normalized spacial score (nSPS) is 11.0. The van der Waals surface area contributed by atoms with Gasteiger partial charge in [0.05, 0.1) is 0 Å². The van der Waals surface area contributed by atoms with E-state index in [1.165, 1.54) is 11.1 Å². The lowest BCUT2D eigenvalue weighted by Gasteiger charge is -1.99. The Kier molecular flexibility index (Phi) is 5.24. The molecule has 0 radical (unpaired) electrons. The van der Waals surface area contributed by atoms with Crippen LogP contribution in [0.15, 0.2) is 60.7 Å². The standard InChI is InChI=1S/C18H20O2/c19-17-11-7-15(8-12-17)5-3-1-2-4-6-16-9-13-18(20)14-10-16/h1-2,7-14,19-20H,3-6H2/b2-1+. The highest BCUT2D eigenvalue weighted by Gasteiger charge is 1.93. The Balaban J connectivity index is 1.67. The first-order valence-electron chi connectivity index (χ1n) is 6.95. The Morgan fingerprint density at radius 3 is 1.30 bits per heavy atom. The van der Waals surface area contributed by atoms with Crippen molar-refractivity contribution in [3.05, 3.63) is 71.8 Å². The van der Waals surface area contributed by atoms with Crippen LogP contribution in [0.25, 0.3) is 0 Å². The molecule has 20 heavy (non-hydrogen) atoms. The number of aromatic hydroxyl groups is 2. The third-order valence-electron chi connectivity index (χ3n) is 3.24. The summed E-state index contributed by atoms with van der Waals surface area (Å²) in [6.45, 7) is 0. The lowest BCUT2D eigenvalue weighted by atomic mass is 10.1. The van der Waals surface area contributed by atoms with E-state index in [9.17, 15) is 10.2 Å². The van der Waals surface area contributed by atoms with Crippen molar-refractivity contribution in [3.63, 3.8) is 0 Å². The Hall–Kier alpha value is -2.22. The van der Waals surface area contributed by atoms with Crippen LogP contribution in [0.4, 0.5) is 0 Å². The Labute approximate surface area is 120 Å². The molecule has 0 spiro atoms. The van der Waals surface area contributed by atoms with E-state index in [0.29, 0.717) is 11.5 Å². The predicted molar refractivity (Wildman–Crippen MR) is 82.0 cm³/mol. The topological polar surface area (TPSA) is 40.5 Å². The van der Waals surface area contributed by atoms with Crippen LogP contribution < -0.4 is 0 Å². The van der Waals surface area contributed by atoms with E-state index < -0.39 is 0 Å². The van der Waals surface area contributed by atoms with Crippen LogP contribution in [0.1, 0.15) is 24.0 Å². The zero-order valence-electron chi connectivity index (χ0n) is 11.5. The third kappa shape index (κ3) is 4.81. The zero-order valence-corrected chi connectivity index (χ0v) is 11.5. The molecule has 2 N–H and O–H groups in total. The molecule has 0 bridgehead atoms. The molecule has 0 aliphatic carbocycles. The first kappa shape index (κ1) is 14.2. The number of phenols is 2. The molecule has 0 aromatic heterocycles. The van der Waals surface area contributed by atoms with E-state index in [4.69, 9.17) is 0 Å². The van der Waals surface area contributed by atoms with Crippen LogP contribution in [0.3, 0.4) is 0 Å². The highest BCUT2D eigenvalue weighted by molar-refractivity contribution is 5.27. The number of benzene rings is 2. The predicted octanol–water partition coefficient (Wildman–Crippen LogP) is 4.22. The second kappa shape index (κ2) is 7.39. The summed E-state index contributed by atoms with van der Waals surface area (Å²) >= 11 is 0. The highest BCUT2D eigenvalue weighted by atomic mass is 16.3. The second-order valence-corrected chi connectivity index (χ2v) is 4.88. The number of hydrogen-bond acceptors (Lipinski definition) is 2. The molecule has 0 amide bonds. The minimum Gasteiger partial charge on any atom is -0.508 e. The summed E-state index contributed by atoms with van der Waals surface area (Å²) in [6.07, 6.45) is 8.42. The summed E-state index contributed by atoms with van der Waals surface area (Å²) in [5, 5.41) is 18.4. The van der Waals surface area contributed by atoms with Crippen molar-refractivity contribution < 1.29 is 10.2 Å². The molecule has 0 unspecified atom stereocenters. The minimum absolute atomic E-state index is 0.318. The maximum Gasteiger partial charge on any atom is 0.115 e. The first-order valence-corrected chi connectivity index (χ1v) is 6.95. The van der Waals surface area contributed by atoms with Gasteiger partial charge in [0.25, 0.3) is 0 Å². The number of aryl methyl sites for hydroxylation is 2. The summed E-state index contributed by atoms with van der Waals surface area (Å²) in [4.78, 5) is 0. The van der Waals surface area contributed by atoms with Gasteiger partial charge in [-0.1, -0.05) is 36.4 Å². The summed E-state index contributed by atoms with van der Waals surface area (Å²) < 4.78 is 0. The third-order valence-corrected chi connectivity index (χ3v) is 3.24. The molecule has 2 rings (SSSR count). The molecular weight excluding hydrogens is 248 g/mol. The van der Waals surface area contributed by atoms with Gasteiger partial charge in [0.15, 0.2) is 0 Å². The maximum atomic E-state index is 9.19. The molecule has 0 aliphatic rings. The van der Waals surface area contributed by atoms with Crippen LogP contribution in [0, 0.1) is 0 Å². The lowest BCUT2D eigenvalue weighted by molar-refractivity contribution is 0.474. The van der Waals surface area contributed by atoms with Crippen molar-refractivity contribution in [2.45, 2.75) is 25.7 Å². The molecule has 2 heteroatoms. The van der Waals surface area contributed by atoms with Gasteiger partial charge in [0, 0.05) is 0 Å². The van der Waals surface area contributed by atoms with Gasteiger partial charge in [-0.25, -0.2) is 0 Å². The van der Waals surface area contributed by atoms with E-state index in [1.807, 2.05) is 24.3 Å². The lowest BCUT2D eigenvalue weighted by Crippen LogP contribution is -1.83. The molecule has 2 aromatic carbocycles. The first-order chi connectivity index (χ1) is 9.74. The molecule has 0 heterocycles. The minimum atomic E-state index is 0.318. The van der Waals surface area contributed by atoms with Crippen molar-refractivity contribution in [1.82, 2.24) is 0 Å². The van der Waals surface area contributed by atoms with Crippen molar-refractivity contribution in [2.24, 2.45) is 0 Å². The van der Waals surface area contributed by atoms with E-state index in [-0.39, 0.29) is 0 Å². The van der Waals surface area contributed by atoms with E-state index in [2.05, 4.69) is 12.2 Å². The fraction of sp³-hybridized carbons (Fsp3) is 0.222. The van der Waals surface area contributed by atoms with E-state index in [0.717, 1.165) is 25.7 Å². The van der Waals surface area contributed by atoms with Crippen molar-refractivity contribution in [3.8, 4) is 11.5 Å². The van der Waals surface area contributed by atoms with Gasteiger partial charge in [0.1, 0.15) is 11.5 Å². The average molecular weight is 268 g/mol. The summed E-state index contributed by atoms with van der Waals surface area (Å²) in [7, 11) is 0. The fourth-order valence-electron chi connectivity index (χ4n) is 2.06. The van der Waals surface area contributed by atoms with E-state index >= 15 is 0 Å². The van der Waals surface area contributed by atoms with Crippen LogP contribution in [0.5, 0.6) is 11.5 Å². The van der Waals surface area contributed by atoms with Gasteiger partial charge in [-0.2, -0.15) is 0 Å². The summed E-state index contributed by atoms with van der Waals surface area (Å²) in [5.74, 6) is 0.636. The van der Waals surface area contributed by atoms with Gasteiger partial charge in [-0.05, 0) is 61.1 Å². The highest BCUT2D eigenvalue weighted by Crippen LogP contribution is 2.12. The molecule has 0 atom stereocenters. The van der Waals surface area contributed by atoms with Gasteiger partial charge in [-0.3, -0.25) is 0 Å². The Morgan fingerprint density at radius 2 is 0.950 bits per heavy atom. The van der Waals surface area contributed by atoms with E-state index in [1.54, 1.807) is 24.3 Å². The SMILES string of the molecule is Oc1ccc(CC/C=C/CCc2ccc(O)cc2)cc1. The van der Waals surface area contributed by atoms with Crippen molar-refractivity contribution >= 4 is 0 Å². The maximum absolute atomic E-state index is 9.19. The quantitative estimate of drug-likeness (QED) is 0.770. The Bertz CT molecular complexity index is 487. The molecule has 0 aliphatic heterocycles. The van der Waals surface area contributed by atoms with Crippen LogP contribution in [0.2, 0.25) is 0 Å². The van der Waals surface area contributed by atoms with Crippen LogP contribution >= 0.6 is 0 Å². The zero-order chi connectivity index (χ0) is 14.2. The van der Waals surface area contributed by atoms with Crippen LogP contribution in [-0.4, -0.2) is 10.2 Å². The monoisotopic (exact) mass is 268 g/mol. The largest absolute Gasteiger partial charge is 0.508 e. The van der Waals surface area contributed by atoms with Gasteiger partial charge in [-0.15, -0.1) is 0 Å². The van der Waals surface area contributed by atoms with Gasteiger partial charge < -0.3 is 10.2 Å². The molecular formula is C18H20O2. The van der Waals surface area contributed by atoms with Crippen molar-refractivity contribution in [1.29, 1.82) is 0 Å². The van der Waals surface area contributed by atoms with Crippen molar-refractivity contribution in [2.75, 3.05) is 0 Å². The number of allylic oxidation sites excluding steroid dienone is 2. The molecule has 0 saturated heterocycles.